The monoisotopic (exact) mass is 255 g/mol. The van der Waals surface area contributed by atoms with Crippen LogP contribution in [0.2, 0.25) is 0 Å². The summed E-state index contributed by atoms with van der Waals surface area (Å²) in [5.41, 5.74) is -0.513. The Morgan fingerprint density at radius 3 is 2.61 bits per heavy atom. The molecule has 0 bridgehead atoms. The lowest BCUT2D eigenvalue weighted by atomic mass is 9.74. The molecule has 102 valence electrons. The van der Waals surface area contributed by atoms with E-state index in [4.69, 9.17) is 5.11 Å². The quantitative estimate of drug-likeness (QED) is 0.678. The minimum absolute atomic E-state index is 0.0188. The fraction of sp³-hybridized carbons (Fsp3) is 0.833. The first-order valence-electron chi connectivity index (χ1n) is 6.48. The molecular formula is C12H21N3O3. The van der Waals surface area contributed by atoms with Crippen LogP contribution >= 0.6 is 0 Å². The molecule has 1 aliphatic heterocycles. The molecule has 1 saturated heterocycles. The van der Waals surface area contributed by atoms with Crippen molar-refractivity contribution in [1.82, 2.24) is 15.5 Å². The van der Waals surface area contributed by atoms with Crippen LogP contribution in [-0.4, -0.2) is 53.7 Å². The molecule has 0 aromatic rings. The van der Waals surface area contributed by atoms with Crippen molar-refractivity contribution in [3.63, 3.8) is 0 Å². The molecule has 0 aromatic heterocycles. The molecular weight excluding hydrogens is 234 g/mol. The summed E-state index contributed by atoms with van der Waals surface area (Å²) in [4.78, 5) is 24.8. The Hall–Kier alpha value is -1.30. The Morgan fingerprint density at radius 1 is 1.44 bits per heavy atom. The van der Waals surface area contributed by atoms with Gasteiger partial charge in [-0.05, 0) is 39.3 Å². The predicted molar refractivity (Wildman–Crippen MR) is 66.4 cm³/mol. The Bertz CT molecular complexity index is 341. The van der Waals surface area contributed by atoms with Crippen LogP contribution in [0.1, 0.15) is 32.1 Å². The zero-order valence-corrected chi connectivity index (χ0v) is 10.7. The molecule has 0 aromatic carbocycles. The zero-order chi connectivity index (χ0) is 13.2. The van der Waals surface area contributed by atoms with E-state index in [0.29, 0.717) is 0 Å². The number of hydrogen-bond acceptors (Lipinski definition) is 3. The second-order valence-electron chi connectivity index (χ2n) is 5.55. The van der Waals surface area contributed by atoms with Gasteiger partial charge in [-0.25, -0.2) is 4.79 Å². The van der Waals surface area contributed by atoms with Gasteiger partial charge in [0.15, 0.2) is 0 Å². The molecule has 2 amide bonds. The Balaban J connectivity index is 1.80. The molecule has 1 atom stereocenters. The van der Waals surface area contributed by atoms with Gasteiger partial charge in [0, 0.05) is 12.6 Å². The van der Waals surface area contributed by atoms with Gasteiger partial charge in [0.25, 0.3) is 0 Å². The molecule has 18 heavy (non-hydrogen) atoms. The predicted octanol–water partition coefficient (Wildman–Crippen LogP) is 0.387. The summed E-state index contributed by atoms with van der Waals surface area (Å²) in [5.74, 6) is -0.851. The van der Waals surface area contributed by atoms with Crippen molar-refractivity contribution in [2.45, 2.75) is 43.7 Å². The normalized spacial score (nSPS) is 26.4. The Kier molecular flexibility index (Phi) is 3.75. The average molecular weight is 255 g/mol. The highest BCUT2D eigenvalue weighted by atomic mass is 16.4. The molecule has 3 N–H and O–H groups in total. The second kappa shape index (κ2) is 5.14. The van der Waals surface area contributed by atoms with Gasteiger partial charge in [-0.3, -0.25) is 4.79 Å². The maximum Gasteiger partial charge on any atom is 0.315 e. The van der Waals surface area contributed by atoms with Gasteiger partial charge in [0.05, 0.1) is 12.0 Å². The largest absolute Gasteiger partial charge is 0.481 e. The summed E-state index contributed by atoms with van der Waals surface area (Å²) in [5, 5.41) is 14.6. The van der Waals surface area contributed by atoms with Crippen LogP contribution in [0.15, 0.2) is 0 Å². The lowest BCUT2D eigenvalue weighted by Crippen LogP contribution is -2.58. The number of likely N-dealkylation sites (N-methyl/N-ethyl adjacent to an activating group) is 1. The third-order valence-corrected chi connectivity index (χ3v) is 3.91. The van der Waals surface area contributed by atoms with Crippen molar-refractivity contribution in [3.05, 3.63) is 0 Å². The number of nitrogens with zero attached hydrogens (tertiary/aromatic N) is 1. The molecule has 2 aliphatic rings. The SMILES string of the molecule is CN1CCC(NC(=O)NC2(CC(=O)O)CCC2)C1. The number of carboxylic acids is 1. The summed E-state index contributed by atoms with van der Waals surface area (Å²) >= 11 is 0. The topological polar surface area (TPSA) is 81.7 Å². The first-order chi connectivity index (χ1) is 8.49. The van der Waals surface area contributed by atoms with Crippen LogP contribution in [0, 0.1) is 0 Å². The number of rotatable bonds is 4. The molecule has 2 fully saturated rings. The molecule has 2 rings (SSSR count). The third kappa shape index (κ3) is 3.13. The summed E-state index contributed by atoms with van der Waals surface area (Å²) in [6.45, 7) is 1.85. The van der Waals surface area contributed by atoms with Gasteiger partial charge in [0.1, 0.15) is 0 Å². The zero-order valence-electron chi connectivity index (χ0n) is 10.7. The summed E-state index contributed by atoms with van der Waals surface area (Å²) < 4.78 is 0. The standard InChI is InChI=1S/C12H21N3O3/c1-15-6-3-9(8-15)13-11(18)14-12(4-2-5-12)7-10(16)17/h9H,2-8H2,1H3,(H,16,17)(H2,13,14,18). The summed E-state index contributed by atoms with van der Waals surface area (Å²) in [7, 11) is 2.03. The molecule has 1 unspecified atom stereocenters. The van der Waals surface area contributed by atoms with Crippen LogP contribution in [0.3, 0.4) is 0 Å². The summed E-state index contributed by atoms with van der Waals surface area (Å²) in [6.07, 6.45) is 3.48. The van der Waals surface area contributed by atoms with E-state index in [0.717, 1.165) is 38.8 Å². The number of carbonyl (C=O) groups excluding carboxylic acids is 1. The van der Waals surface area contributed by atoms with Crippen molar-refractivity contribution in [3.8, 4) is 0 Å². The number of urea groups is 1. The lowest BCUT2D eigenvalue weighted by molar-refractivity contribution is -0.139. The number of carboxylic acid groups (broad SMARTS) is 1. The van der Waals surface area contributed by atoms with Crippen molar-refractivity contribution in [1.29, 1.82) is 0 Å². The van der Waals surface area contributed by atoms with Crippen molar-refractivity contribution < 1.29 is 14.7 Å². The first kappa shape index (κ1) is 13.1. The number of aliphatic carboxylic acids is 1. The van der Waals surface area contributed by atoms with Crippen LogP contribution in [0.4, 0.5) is 4.79 Å². The van der Waals surface area contributed by atoms with E-state index in [9.17, 15) is 9.59 Å². The molecule has 0 radical (unpaired) electrons. The van der Waals surface area contributed by atoms with Crippen molar-refractivity contribution >= 4 is 12.0 Å². The van der Waals surface area contributed by atoms with Gasteiger partial charge >= 0.3 is 12.0 Å². The number of hydrogen-bond donors (Lipinski definition) is 3. The lowest BCUT2D eigenvalue weighted by Gasteiger charge is -2.41. The van der Waals surface area contributed by atoms with Crippen LogP contribution < -0.4 is 10.6 Å². The van der Waals surface area contributed by atoms with Gasteiger partial charge in [-0.2, -0.15) is 0 Å². The maximum absolute atomic E-state index is 11.9. The smallest absolute Gasteiger partial charge is 0.315 e. The van der Waals surface area contributed by atoms with Gasteiger partial charge < -0.3 is 20.6 Å². The van der Waals surface area contributed by atoms with Crippen molar-refractivity contribution in [2.24, 2.45) is 0 Å². The highest BCUT2D eigenvalue weighted by Crippen LogP contribution is 2.34. The average Bonchev–Trinajstić information content (AvgIpc) is 2.59. The van der Waals surface area contributed by atoms with Crippen molar-refractivity contribution in [2.75, 3.05) is 20.1 Å². The number of nitrogens with one attached hydrogen (secondary N) is 2. The highest BCUT2D eigenvalue weighted by molar-refractivity contribution is 5.77. The van der Waals surface area contributed by atoms with Gasteiger partial charge in [0.2, 0.25) is 0 Å². The minimum Gasteiger partial charge on any atom is -0.481 e. The molecule has 0 spiro atoms. The molecule has 1 saturated carbocycles. The number of likely N-dealkylation sites (tertiary alicyclic amines) is 1. The Morgan fingerprint density at radius 2 is 2.17 bits per heavy atom. The first-order valence-corrected chi connectivity index (χ1v) is 6.48. The number of amides is 2. The second-order valence-corrected chi connectivity index (χ2v) is 5.55. The molecule has 1 aliphatic carbocycles. The Labute approximate surface area is 107 Å². The van der Waals surface area contributed by atoms with E-state index in [2.05, 4.69) is 15.5 Å². The maximum atomic E-state index is 11.9. The van der Waals surface area contributed by atoms with Gasteiger partial charge in [-0.1, -0.05) is 0 Å². The molecule has 6 nitrogen and oxygen atoms in total. The van der Waals surface area contributed by atoms with E-state index in [1.54, 1.807) is 0 Å². The van der Waals surface area contributed by atoms with E-state index in [1.165, 1.54) is 0 Å². The fourth-order valence-corrected chi connectivity index (χ4v) is 2.75. The van der Waals surface area contributed by atoms with Gasteiger partial charge in [-0.15, -0.1) is 0 Å². The summed E-state index contributed by atoms with van der Waals surface area (Å²) in [6, 6.07) is -0.0480. The molecule has 1 heterocycles. The third-order valence-electron chi connectivity index (χ3n) is 3.91. The van der Waals surface area contributed by atoms with Crippen LogP contribution in [0.25, 0.3) is 0 Å². The van der Waals surface area contributed by atoms with E-state index in [-0.39, 0.29) is 18.5 Å². The number of carbonyl (C=O) groups is 2. The van der Waals surface area contributed by atoms with Crippen LogP contribution in [-0.2, 0) is 4.79 Å². The highest BCUT2D eigenvalue weighted by Gasteiger charge is 2.40. The minimum atomic E-state index is -0.851. The van der Waals surface area contributed by atoms with E-state index < -0.39 is 11.5 Å². The van der Waals surface area contributed by atoms with E-state index >= 15 is 0 Å². The van der Waals surface area contributed by atoms with E-state index in [1.807, 2.05) is 7.05 Å². The molecule has 6 heteroatoms. The van der Waals surface area contributed by atoms with Crippen LogP contribution in [0.5, 0.6) is 0 Å². The fourth-order valence-electron chi connectivity index (χ4n) is 2.75.